The summed E-state index contributed by atoms with van der Waals surface area (Å²) >= 11 is 0. The van der Waals surface area contributed by atoms with Gasteiger partial charge in [-0.25, -0.2) is 4.79 Å². The van der Waals surface area contributed by atoms with Crippen LogP contribution in [0.5, 0.6) is 0 Å². The number of primary amides is 1. The fraction of sp³-hybridized carbons (Fsp3) is 0.500. The van der Waals surface area contributed by atoms with Crippen LogP contribution in [0, 0.1) is 11.8 Å². The highest BCUT2D eigenvalue weighted by Crippen LogP contribution is 2.20. The van der Waals surface area contributed by atoms with Crippen LogP contribution >= 0.6 is 0 Å². The van der Waals surface area contributed by atoms with Crippen molar-refractivity contribution in [3.05, 3.63) is 24.3 Å². The minimum atomic E-state index is -0.487. The molecule has 4 amide bonds. The summed E-state index contributed by atoms with van der Waals surface area (Å²) in [5.41, 5.74) is 6.64. The van der Waals surface area contributed by atoms with Gasteiger partial charge >= 0.3 is 6.03 Å². The van der Waals surface area contributed by atoms with Gasteiger partial charge in [0.25, 0.3) is 0 Å². The van der Waals surface area contributed by atoms with Crippen LogP contribution in [0.15, 0.2) is 24.3 Å². The predicted octanol–water partition coefficient (Wildman–Crippen LogP) is 2.40. The highest BCUT2D eigenvalue weighted by atomic mass is 16.2. The van der Waals surface area contributed by atoms with Crippen molar-refractivity contribution in [2.75, 3.05) is 23.7 Å². The second-order valence-electron chi connectivity index (χ2n) is 6.84. The third-order valence-corrected chi connectivity index (χ3v) is 4.13. The third kappa shape index (κ3) is 5.77. The number of benzene rings is 1. The van der Waals surface area contributed by atoms with Crippen molar-refractivity contribution < 1.29 is 14.4 Å². The van der Waals surface area contributed by atoms with E-state index in [1.165, 1.54) is 4.90 Å². The summed E-state index contributed by atoms with van der Waals surface area (Å²) in [5, 5.41) is 5.68. The van der Waals surface area contributed by atoms with E-state index < -0.39 is 6.03 Å². The minimum absolute atomic E-state index is 0.0273. The van der Waals surface area contributed by atoms with Gasteiger partial charge in [-0.15, -0.1) is 0 Å². The maximum Gasteiger partial charge on any atom is 0.314 e. The molecule has 136 valence electrons. The Morgan fingerprint density at radius 2 is 1.76 bits per heavy atom. The maximum absolute atomic E-state index is 12.4. The molecule has 0 aromatic heterocycles. The lowest BCUT2D eigenvalue weighted by Crippen LogP contribution is -2.46. The normalized spacial score (nSPS) is 17.2. The van der Waals surface area contributed by atoms with Crippen molar-refractivity contribution in [3.8, 4) is 0 Å². The van der Waals surface area contributed by atoms with E-state index in [9.17, 15) is 14.4 Å². The molecule has 1 aromatic carbocycles. The summed E-state index contributed by atoms with van der Waals surface area (Å²) < 4.78 is 0. The van der Waals surface area contributed by atoms with Crippen LogP contribution in [0.1, 0.15) is 33.1 Å². The molecule has 7 heteroatoms. The first-order chi connectivity index (χ1) is 11.8. The van der Waals surface area contributed by atoms with Crippen LogP contribution < -0.4 is 16.4 Å². The summed E-state index contributed by atoms with van der Waals surface area (Å²) in [5.74, 6) is -0.108. The average Bonchev–Trinajstić information content (AvgIpc) is 2.56. The molecule has 0 saturated carbocycles. The minimum Gasteiger partial charge on any atom is -0.351 e. The van der Waals surface area contributed by atoms with Gasteiger partial charge in [-0.1, -0.05) is 13.8 Å². The molecule has 25 heavy (non-hydrogen) atoms. The smallest absolute Gasteiger partial charge is 0.314 e. The van der Waals surface area contributed by atoms with Crippen LogP contribution in [0.25, 0.3) is 0 Å². The van der Waals surface area contributed by atoms with Gasteiger partial charge in [0.2, 0.25) is 11.8 Å². The fourth-order valence-corrected chi connectivity index (χ4v) is 2.86. The first-order valence-electron chi connectivity index (χ1n) is 8.60. The van der Waals surface area contributed by atoms with Crippen molar-refractivity contribution >= 4 is 29.2 Å². The number of amides is 4. The number of carbonyl (C=O) groups excluding carboxylic acids is 3. The molecule has 4 N–H and O–H groups in total. The second-order valence-corrected chi connectivity index (χ2v) is 6.84. The lowest BCUT2D eigenvalue weighted by Gasteiger charge is -2.30. The quantitative estimate of drug-likeness (QED) is 0.762. The zero-order chi connectivity index (χ0) is 18.4. The van der Waals surface area contributed by atoms with Gasteiger partial charge < -0.3 is 21.3 Å². The number of hydrogen-bond donors (Lipinski definition) is 3. The molecule has 1 fully saturated rings. The van der Waals surface area contributed by atoms with Gasteiger partial charge in [-0.3, -0.25) is 9.59 Å². The molecule has 1 aliphatic heterocycles. The Morgan fingerprint density at radius 3 is 2.32 bits per heavy atom. The van der Waals surface area contributed by atoms with Crippen LogP contribution in [0.2, 0.25) is 0 Å². The largest absolute Gasteiger partial charge is 0.351 e. The van der Waals surface area contributed by atoms with Crippen LogP contribution in [0.3, 0.4) is 0 Å². The summed E-state index contributed by atoms with van der Waals surface area (Å²) in [6.45, 7) is 4.93. The number of hydrogen-bond acceptors (Lipinski definition) is 3. The van der Waals surface area contributed by atoms with E-state index in [0.29, 0.717) is 36.8 Å². The molecular weight excluding hydrogens is 320 g/mol. The Kier molecular flexibility index (Phi) is 6.38. The Labute approximate surface area is 147 Å². The van der Waals surface area contributed by atoms with E-state index >= 15 is 0 Å². The molecule has 7 nitrogen and oxygen atoms in total. The van der Waals surface area contributed by atoms with E-state index in [-0.39, 0.29) is 17.7 Å². The second kappa shape index (κ2) is 8.50. The standard InChI is InChI=1S/C18H26N4O3/c1-12(2)10-16(23)20-14-5-7-15(8-6-14)21-17(24)13-4-3-9-22(11-13)18(19)25/h5-8,12-13H,3-4,9-11H2,1-2H3,(H2,19,25)(H,20,23)(H,21,24)/t13-/m1/s1. The van der Waals surface area contributed by atoms with Crippen molar-refractivity contribution in [1.29, 1.82) is 0 Å². The van der Waals surface area contributed by atoms with E-state index in [1.54, 1.807) is 24.3 Å². The summed E-state index contributed by atoms with van der Waals surface area (Å²) in [4.78, 5) is 36.9. The summed E-state index contributed by atoms with van der Waals surface area (Å²) in [6.07, 6.45) is 1.97. The zero-order valence-electron chi connectivity index (χ0n) is 14.7. The lowest BCUT2D eigenvalue weighted by molar-refractivity contribution is -0.121. The van der Waals surface area contributed by atoms with Gasteiger partial charge in [0.15, 0.2) is 0 Å². The topological polar surface area (TPSA) is 105 Å². The molecule has 0 aliphatic carbocycles. The molecule has 1 saturated heterocycles. The van der Waals surface area contributed by atoms with Gasteiger partial charge in [-0.2, -0.15) is 0 Å². The van der Waals surface area contributed by atoms with Crippen molar-refractivity contribution in [2.45, 2.75) is 33.1 Å². The molecular formula is C18H26N4O3. The maximum atomic E-state index is 12.4. The van der Waals surface area contributed by atoms with Crippen molar-refractivity contribution in [3.63, 3.8) is 0 Å². The number of nitrogens with one attached hydrogen (secondary N) is 2. The fourth-order valence-electron chi connectivity index (χ4n) is 2.86. The highest BCUT2D eigenvalue weighted by Gasteiger charge is 2.27. The average molecular weight is 346 g/mol. The van der Waals surface area contributed by atoms with Gasteiger partial charge in [-0.05, 0) is 43.0 Å². The molecule has 1 atom stereocenters. The highest BCUT2D eigenvalue weighted by molar-refractivity contribution is 5.94. The van der Waals surface area contributed by atoms with Gasteiger partial charge in [0, 0.05) is 30.9 Å². The Morgan fingerprint density at radius 1 is 1.16 bits per heavy atom. The van der Waals surface area contributed by atoms with Crippen LogP contribution in [-0.4, -0.2) is 35.8 Å². The van der Waals surface area contributed by atoms with Crippen molar-refractivity contribution in [2.24, 2.45) is 17.6 Å². The van der Waals surface area contributed by atoms with E-state index in [4.69, 9.17) is 5.73 Å². The molecule has 1 aromatic rings. The molecule has 1 heterocycles. The number of nitrogens with zero attached hydrogens (tertiary/aromatic N) is 1. The third-order valence-electron chi connectivity index (χ3n) is 4.13. The number of carbonyl (C=O) groups is 3. The lowest BCUT2D eigenvalue weighted by atomic mass is 9.97. The Bertz CT molecular complexity index is 628. The number of urea groups is 1. The monoisotopic (exact) mass is 346 g/mol. The first-order valence-corrected chi connectivity index (χ1v) is 8.60. The van der Waals surface area contributed by atoms with E-state index in [0.717, 1.165) is 12.8 Å². The number of likely N-dealkylation sites (tertiary alicyclic amines) is 1. The summed E-state index contributed by atoms with van der Waals surface area (Å²) in [7, 11) is 0. The number of rotatable bonds is 5. The van der Waals surface area contributed by atoms with Crippen molar-refractivity contribution in [1.82, 2.24) is 4.90 Å². The number of anilines is 2. The van der Waals surface area contributed by atoms with Crippen LogP contribution in [0.4, 0.5) is 16.2 Å². The van der Waals surface area contributed by atoms with Gasteiger partial charge in [0.05, 0.1) is 5.92 Å². The molecule has 1 aliphatic rings. The molecule has 0 unspecified atom stereocenters. The zero-order valence-corrected chi connectivity index (χ0v) is 14.7. The van der Waals surface area contributed by atoms with E-state index in [2.05, 4.69) is 10.6 Å². The first kappa shape index (κ1) is 18.8. The predicted molar refractivity (Wildman–Crippen MR) is 97.0 cm³/mol. The Balaban J connectivity index is 1.89. The number of piperidine rings is 1. The SMILES string of the molecule is CC(C)CC(=O)Nc1ccc(NC(=O)[C@@H]2CCCN(C(N)=O)C2)cc1. The molecule has 0 bridgehead atoms. The molecule has 2 rings (SSSR count). The van der Waals surface area contributed by atoms with Crippen LogP contribution in [-0.2, 0) is 9.59 Å². The number of nitrogens with two attached hydrogens (primary N) is 1. The van der Waals surface area contributed by atoms with Gasteiger partial charge in [0.1, 0.15) is 0 Å². The van der Waals surface area contributed by atoms with E-state index in [1.807, 2.05) is 13.8 Å². The Hall–Kier alpha value is -2.57. The molecule has 0 radical (unpaired) electrons. The summed E-state index contributed by atoms with van der Waals surface area (Å²) in [6, 6.07) is 6.52. The molecule has 0 spiro atoms.